The number of amides is 2. The Bertz CT molecular complexity index is 793. The minimum absolute atomic E-state index is 0.000881. The van der Waals surface area contributed by atoms with Crippen LogP contribution in [0.15, 0.2) is 18.2 Å². The van der Waals surface area contributed by atoms with Crippen molar-refractivity contribution in [2.24, 2.45) is 11.8 Å². The number of hydrogen-bond acceptors (Lipinski definition) is 4. The lowest BCUT2D eigenvalue weighted by Crippen LogP contribution is -2.36. The quantitative estimate of drug-likeness (QED) is 0.853. The lowest BCUT2D eigenvalue weighted by molar-refractivity contribution is -0.117. The Labute approximate surface area is 139 Å². The maximum atomic E-state index is 13.5. The van der Waals surface area contributed by atoms with Gasteiger partial charge in [0, 0.05) is 12.0 Å². The summed E-state index contributed by atoms with van der Waals surface area (Å²) in [5, 5.41) is 5.28. The molecule has 0 bridgehead atoms. The predicted molar refractivity (Wildman–Crippen MR) is 86.8 cm³/mol. The van der Waals surface area contributed by atoms with E-state index in [4.69, 9.17) is 0 Å². The largest absolute Gasteiger partial charge is 0.348 e. The van der Waals surface area contributed by atoms with Crippen LogP contribution in [0.2, 0.25) is 0 Å². The summed E-state index contributed by atoms with van der Waals surface area (Å²) in [5.41, 5.74) is 0.236. The van der Waals surface area contributed by atoms with Crippen LogP contribution in [-0.4, -0.2) is 37.8 Å². The van der Waals surface area contributed by atoms with Crippen LogP contribution < -0.4 is 10.6 Å². The second-order valence-electron chi connectivity index (χ2n) is 6.57. The van der Waals surface area contributed by atoms with E-state index >= 15 is 0 Å². The number of carbonyl (C=O) groups excluding carboxylic acids is 2. The number of benzene rings is 1. The Morgan fingerprint density at radius 3 is 2.58 bits per heavy atom. The summed E-state index contributed by atoms with van der Waals surface area (Å²) >= 11 is 0. The van der Waals surface area contributed by atoms with Crippen molar-refractivity contribution in [1.82, 2.24) is 5.32 Å². The topological polar surface area (TPSA) is 92.3 Å². The highest BCUT2D eigenvalue weighted by molar-refractivity contribution is 7.91. The van der Waals surface area contributed by atoms with E-state index < -0.39 is 27.6 Å². The molecular weight excluding hydrogens is 335 g/mol. The third kappa shape index (κ3) is 3.75. The average molecular weight is 354 g/mol. The van der Waals surface area contributed by atoms with Gasteiger partial charge in [0.15, 0.2) is 9.84 Å². The van der Waals surface area contributed by atoms with Gasteiger partial charge in [-0.1, -0.05) is 6.92 Å². The molecule has 1 heterocycles. The number of nitrogens with one attached hydrogen (secondary N) is 2. The third-order valence-electron chi connectivity index (χ3n) is 4.50. The van der Waals surface area contributed by atoms with Crippen molar-refractivity contribution < 1.29 is 22.4 Å². The number of halogens is 1. The van der Waals surface area contributed by atoms with Gasteiger partial charge >= 0.3 is 0 Å². The number of anilines is 1. The second-order valence-corrected chi connectivity index (χ2v) is 8.80. The zero-order valence-electron chi connectivity index (χ0n) is 13.2. The predicted octanol–water partition coefficient (Wildman–Crippen LogP) is 1.34. The molecule has 1 saturated carbocycles. The maximum absolute atomic E-state index is 13.5. The van der Waals surface area contributed by atoms with E-state index in [1.807, 2.05) is 6.92 Å². The molecule has 3 atom stereocenters. The number of carbonyl (C=O) groups is 2. The zero-order valence-corrected chi connectivity index (χ0v) is 14.0. The van der Waals surface area contributed by atoms with Crippen molar-refractivity contribution in [3.63, 3.8) is 0 Å². The van der Waals surface area contributed by atoms with Gasteiger partial charge in [0.1, 0.15) is 5.82 Å². The normalized spacial score (nSPS) is 27.5. The SMILES string of the molecule is CC1CC1C(=O)Nc1ccc(F)cc1C(=O)NC1CCS(=O)(=O)C1. The molecule has 2 N–H and O–H groups in total. The molecule has 2 fully saturated rings. The van der Waals surface area contributed by atoms with E-state index in [-0.39, 0.29) is 34.6 Å². The van der Waals surface area contributed by atoms with Gasteiger partial charge < -0.3 is 10.6 Å². The first-order valence-electron chi connectivity index (χ1n) is 7.87. The van der Waals surface area contributed by atoms with Crippen molar-refractivity contribution in [3.05, 3.63) is 29.6 Å². The van der Waals surface area contributed by atoms with Crippen LogP contribution in [0, 0.1) is 17.7 Å². The van der Waals surface area contributed by atoms with Crippen molar-refractivity contribution in [1.29, 1.82) is 0 Å². The van der Waals surface area contributed by atoms with Gasteiger partial charge in [-0.05, 0) is 37.0 Å². The van der Waals surface area contributed by atoms with E-state index in [1.165, 1.54) is 12.1 Å². The minimum Gasteiger partial charge on any atom is -0.348 e. The van der Waals surface area contributed by atoms with Crippen LogP contribution in [0.5, 0.6) is 0 Å². The third-order valence-corrected chi connectivity index (χ3v) is 6.27. The molecule has 1 saturated heterocycles. The van der Waals surface area contributed by atoms with Crippen LogP contribution in [-0.2, 0) is 14.6 Å². The fourth-order valence-electron chi connectivity index (χ4n) is 2.90. The zero-order chi connectivity index (χ0) is 17.5. The Balaban J connectivity index is 1.74. The van der Waals surface area contributed by atoms with Crippen molar-refractivity contribution in [2.75, 3.05) is 16.8 Å². The van der Waals surface area contributed by atoms with Crippen molar-refractivity contribution in [3.8, 4) is 0 Å². The van der Waals surface area contributed by atoms with Crippen LogP contribution in [0.1, 0.15) is 30.1 Å². The molecule has 1 aliphatic carbocycles. The fraction of sp³-hybridized carbons (Fsp3) is 0.500. The summed E-state index contributed by atoms with van der Waals surface area (Å²) in [6, 6.07) is 3.08. The Kier molecular flexibility index (Phi) is 4.33. The molecule has 0 radical (unpaired) electrons. The van der Waals surface area contributed by atoms with Gasteiger partial charge in [-0.15, -0.1) is 0 Å². The molecule has 3 unspecified atom stereocenters. The average Bonchev–Trinajstić information content (AvgIpc) is 3.13. The molecule has 0 aromatic heterocycles. The van der Waals surface area contributed by atoms with E-state index in [0.29, 0.717) is 12.3 Å². The molecule has 130 valence electrons. The molecular formula is C16H19FN2O4S. The monoisotopic (exact) mass is 354 g/mol. The summed E-state index contributed by atoms with van der Waals surface area (Å²) in [4.78, 5) is 24.5. The molecule has 1 aliphatic heterocycles. The van der Waals surface area contributed by atoms with Crippen LogP contribution >= 0.6 is 0 Å². The highest BCUT2D eigenvalue weighted by Crippen LogP contribution is 2.38. The second kappa shape index (κ2) is 6.16. The van der Waals surface area contributed by atoms with Crippen molar-refractivity contribution in [2.45, 2.75) is 25.8 Å². The first-order valence-corrected chi connectivity index (χ1v) is 9.69. The molecule has 6 nitrogen and oxygen atoms in total. The van der Waals surface area contributed by atoms with E-state index in [2.05, 4.69) is 10.6 Å². The molecule has 3 rings (SSSR count). The number of rotatable bonds is 4. The number of sulfone groups is 1. The van der Waals surface area contributed by atoms with Gasteiger partial charge in [-0.25, -0.2) is 12.8 Å². The van der Waals surface area contributed by atoms with E-state index in [0.717, 1.165) is 12.5 Å². The van der Waals surface area contributed by atoms with Crippen LogP contribution in [0.3, 0.4) is 0 Å². The van der Waals surface area contributed by atoms with Gasteiger partial charge in [0.25, 0.3) is 5.91 Å². The first-order chi connectivity index (χ1) is 11.2. The fourth-order valence-corrected chi connectivity index (χ4v) is 4.57. The summed E-state index contributed by atoms with van der Waals surface area (Å²) in [6.07, 6.45) is 1.14. The van der Waals surface area contributed by atoms with E-state index in [1.54, 1.807) is 0 Å². The molecule has 24 heavy (non-hydrogen) atoms. The van der Waals surface area contributed by atoms with Crippen molar-refractivity contribution >= 4 is 27.3 Å². The lowest BCUT2D eigenvalue weighted by Gasteiger charge is -2.14. The molecule has 0 spiro atoms. The summed E-state index contributed by atoms with van der Waals surface area (Å²) in [6.45, 7) is 1.96. The summed E-state index contributed by atoms with van der Waals surface area (Å²) < 4.78 is 36.5. The maximum Gasteiger partial charge on any atom is 0.253 e. The molecule has 1 aromatic carbocycles. The Hall–Kier alpha value is -1.96. The molecule has 2 amide bonds. The molecule has 2 aliphatic rings. The summed E-state index contributed by atoms with van der Waals surface area (Å²) in [5.74, 6) is -1.23. The highest BCUT2D eigenvalue weighted by atomic mass is 32.2. The summed E-state index contributed by atoms with van der Waals surface area (Å²) in [7, 11) is -3.13. The van der Waals surface area contributed by atoms with Gasteiger partial charge in [0.2, 0.25) is 5.91 Å². The first kappa shape index (κ1) is 16.9. The lowest BCUT2D eigenvalue weighted by atomic mass is 10.1. The molecule has 1 aromatic rings. The Morgan fingerprint density at radius 1 is 1.29 bits per heavy atom. The number of hydrogen-bond donors (Lipinski definition) is 2. The van der Waals surface area contributed by atoms with Gasteiger partial charge in [-0.2, -0.15) is 0 Å². The molecule has 8 heteroatoms. The van der Waals surface area contributed by atoms with E-state index in [9.17, 15) is 22.4 Å². The van der Waals surface area contributed by atoms with Crippen LogP contribution in [0.4, 0.5) is 10.1 Å². The Morgan fingerprint density at radius 2 is 2.00 bits per heavy atom. The highest BCUT2D eigenvalue weighted by Gasteiger charge is 2.39. The van der Waals surface area contributed by atoms with Gasteiger partial charge in [0.05, 0.1) is 22.8 Å². The smallest absolute Gasteiger partial charge is 0.253 e. The minimum atomic E-state index is -3.13. The standard InChI is InChI=1S/C16H19FN2O4S/c1-9-6-12(9)15(20)19-14-3-2-10(17)7-13(14)16(21)18-11-4-5-24(22,23)8-11/h2-3,7,9,11-12H,4-6,8H2,1H3,(H,18,21)(H,19,20). The van der Waals surface area contributed by atoms with Crippen LogP contribution in [0.25, 0.3) is 0 Å². The van der Waals surface area contributed by atoms with Gasteiger partial charge in [-0.3, -0.25) is 9.59 Å².